The van der Waals surface area contributed by atoms with Gasteiger partial charge in [-0.1, -0.05) is 42.5 Å². The van der Waals surface area contributed by atoms with Gasteiger partial charge in [-0.3, -0.25) is 4.79 Å². The number of rotatable bonds is 7. The van der Waals surface area contributed by atoms with Crippen LogP contribution in [0.5, 0.6) is 5.75 Å². The monoisotopic (exact) mass is 313 g/mol. The molecule has 0 fully saturated rings. The molecule has 0 saturated carbocycles. The van der Waals surface area contributed by atoms with Crippen LogP contribution in [0.3, 0.4) is 0 Å². The second-order valence-corrected chi connectivity index (χ2v) is 5.58. The summed E-state index contributed by atoms with van der Waals surface area (Å²) in [7, 11) is 0. The van der Waals surface area contributed by atoms with Crippen LogP contribution in [-0.4, -0.2) is 29.8 Å². The fourth-order valence-corrected chi connectivity index (χ4v) is 2.16. The summed E-state index contributed by atoms with van der Waals surface area (Å²) in [6.45, 7) is 3.85. The predicted molar refractivity (Wildman–Crippen MR) is 91.3 cm³/mol. The average molecular weight is 313 g/mol. The number of benzene rings is 2. The summed E-state index contributed by atoms with van der Waals surface area (Å²) in [4.78, 5) is 11.9. The number of hydrogen-bond acceptors (Lipinski definition) is 3. The lowest BCUT2D eigenvalue weighted by molar-refractivity contribution is -0.127. The molecular weight excluding hydrogens is 290 g/mol. The van der Waals surface area contributed by atoms with Crippen molar-refractivity contribution in [2.45, 2.75) is 32.5 Å². The minimum Gasteiger partial charge on any atom is -0.481 e. The van der Waals surface area contributed by atoms with Gasteiger partial charge in [-0.15, -0.1) is 0 Å². The van der Waals surface area contributed by atoms with E-state index in [1.54, 1.807) is 13.8 Å². The Kier molecular flexibility index (Phi) is 6.18. The van der Waals surface area contributed by atoms with E-state index in [1.165, 1.54) is 0 Å². The molecule has 0 spiro atoms. The van der Waals surface area contributed by atoms with E-state index in [9.17, 15) is 9.90 Å². The number of aliphatic hydroxyl groups is 1. The van der Waals surface area contributed by atoms with Gasteiger partial charge in [0.1, 0.15) is 5.75 Å². The third kappa shape index (κ3) is 5.42. The van der Waals surface area contributed by atoms with Gasteiger partial charge in [0, 0.05) is 6.54 Å². The summed E-state index contributed by atoms with van der Waals surface area (Å²) in [5.74, 6) is 0.473. The van der Waals surface area contributed by atoms with Gasteiger partial charge in [-0.05, 0) is 43.5 Å². The average Bonchev–Trinajstić information content (AvgIpc) is 2.56. The Hall–Kier alpha value is -2.33. The van der Waals surface area contributed by atoms with Crippen LogP contribution in [0, 0.1) is 0 Å². The highest BCUT2D eigenvalue weighted by Crippen LogP contribution is 2.22. The van der Waals surface area contributed by atoms with Crippen LogP contribution in [0.4, 0.5) is 0 Å². The molecule has 2 rings (SSSR count). The first-order valence-electron chi connectivity index (χ1n) is 7.84. The van der Waals surface area contributed by atoms with Gasteiger partial charge < -0.3 is 15.2 Å². The van der Waals surface area contributed by atoms with Crippen molar-refractivity contribution in [1.82, 2.24) is 5.32 Å². The van der Waals surface area contributed by atoms with E-state index >= 15 is 0 Å². The van der Waals surface area contributed by atoms with Crippen molar-refractivity contribution >= 4 is 5.91 Å². The molecular formula is C19H23NO3. The maximum absolute atomic E-state index is 11.9. The van der Waals surface area contributed by atoms with Crippen LogP contribution in [-0.2, 0) is 4.79 Å². The number of ether oxygens (including phenoxy) is 1. The zero-order valence-electron chi connectivity index (χ0n) is 13.5. The van der Waals surface area contributed by atoms with Crippen molar-refractivity contribution in [3.63, 3.8) is 0 Å². The zero-order chi connectivity index (χ0) is 16.7. The highest BCUT2D eigenvalue weighted by Gasteiger charge is 2.14. The van der Waals surface area contributed by atoms with E-state index in [0.29, 0.717) is 18.7 Å². The molecule has 2 N–H and O–H groups in total. The molecule has 2 unspecified atom stereocenters. The van der Waals surface area contributed by atoms with E-state index < -0.39 is 12.2 Å². The molecule has 0 heterocycles. The van der Waals surface area contributed by atoms with Crippen LogP contribution in [0.25, 0.3) is 11.1 Å². The second kappa shape index (κ2) is 8.34. The summed E-state index contributed by atoms with van der Waals surface area (Å²) in [5.41, 5.74) is 2.25. The number of carbonyl (C=O) groups is 1. The first-order chi connectivity index (χ1) is 11.1. The molecule has 0 bridgehead atoms. The SMILES string of the molecule is CC(O)CCNC(=O)C(C)Oc1ccc(-c2ccccc2)cc1. The zero-order valence-corrected chi connectivity index (χ0v) is 13.5. The van der Waals surface area contributed by atoms with Crippen LogP contribution >= 0.6 is 0 Å². The smallest absolute Gasteiger partial charge is 0.260 e. The second-order valence-electron chi connectivity index (χ2n) is 5.58. The third-order valence-corrected chi connectivity index (χ3v) is 3.50. The minimum absolute atomic E-state index is 0.183. The van der Waals surface area contributed by atoms with Crippen molar-refractivity contribution in [1.29, 1.82) is 0 Å². The van der Waals surface area contributed by atoms with Crippen molar-refractivity contribution in [3.8, 4) is 16.9 Å². The van der Waals surface area contributed by atoms with Gasteiger partial charge in [-0.2, -0.15) is 0 Å². The summed E-state index contributed by atoms with van der Waals surface area (Å²) in [6, 6.07) is 17.8. The number of carbonyl (C=O) groups excluding carboxylic acids is 1. The van der Waals surface area contributed by atoms with Gasteiger partial charge in [-0.25, -0.2) is 0 Å². The standard InChI is InChI=1S/C19H23NO3/c1-14(21)12-13-20-19(22)15(2)23-18-10-8-17(9-11-18)16-6-4-3-5-7-16/h3-11,14-15,21H,12-13H2,1-2H3,(H,20,22). The summed E-state index contributed by atoms with van der Waals surface area (Å²) in [6.07, 6.45) is -0.465. The molecule has 0 aliphatic heterocycles. The van der Waals surface area contributed by atoms with Gasteiger partial charge in [0.25, 0.3) is 5.91 Å². The highest BCUT2D eigenvalue weighted by molar-refractivity contribution is 5.80. The molecule has 0 radical (unpaired) electrons. The fourth-order valence-electron chi connectivity index (χ4n) is 2.16. The lowest BCUT2D eigenvalue weighted by Crippen LogP contribution is -2.37. The van der Waals surface area contributed by atoms with E-state index in [0.717, 1.165) is 11.1 Å². The van der Waals surface area contributed by atoms with Crippen LogP contribution in [0.1, 0.15) is 20.3 Å². The first-order valence-corrected chi connectivity index (χ1v) is 7.84. The molecule has 2 atom stereocenters. The third-order valence-electron chi connectivity index (χ3n) is 3.50. The summed E-state index contributed by atoms with van der Waals surface area (Å²) >= 11 is 0. The van der Waals surface area contributed by atoms with Crippen LogP contribution < -0.4 is 10.1 Å². The molecule has 0 aromatic heterocycles. The molecule has 0 aliphatic rings. The minimum atomic E-state index is -0.577. The van der Waals surface area contributed by atoms with Gasteiger partial charge in [0.2, 0.25) is 0 Å². The van der Waals surface area contributed by atoms with E-state index in [-0.39, 0.29) is 5.91 Å². The molecule has 1 amide bonds. The van der Waals surface area contributed by atoms with E-state index in [4.69, 9.17) is 4.74 Å². The van der Waals surface area contributed by atoms with Crippen LogP contribution in [0.15, 0.2) is 54.6 Å². The Morgan fingerprint density at radius 2 is 1.65 bits per heavy atom. The summed E-state index contributed by atoms with van der Waals surface area (Å²) in [5, 5.41) is 11.9. The van der Waals surface area contributed by atoms with Gasteiger partial charge in [0.15, 0.2) is 6.10 Å². The van der Waals surface area contributed by atoms with Gasteiger partial charge in [0.05, 0.1) is 6.10 Å². The molecule has 0 aliphatic carbocycles. The molecule has 0 saturated heterocycles. The fraction of sp³-hybridized carbons (Fsp3) is 0.316. The molecule has 23 heavy (non-hydrogen) atoms. The number of aliphatic hydroxyl groups excluding tert-OH is 1. The number of hydrogen-bond donors (Lipinski definition) is 2. The Morgan fingerprint density at radius 3 is 2.26 bits per heavy atom. The number of amides is 1. The van der Waals surface area contributed by atoms with Crippen molar-refractivity contribution < 1.29 is 14.6 Å². The molecule has 4 heteroatoms. The predicted octanol–water partition coefficient (Wildman–Crippen LogP) is 3.01. The maximum atomic E-state index is 11.9. The van der Waals surface area contributed by atoms with Crippen molar-refractivity contribution in [2.75, 3.05) is 6.54 Å². The van der Waals surface area contributed by atoms with E-state index in [2.05, 4.69) is 5.32 Å². The Bertz CT molecular complexity index is 608. The van der Waals surface area contributed by atoms with Crippen molar-refractivity contribution in [2.24, 2.45) is 0 Å². The van der Waals surface area contributed by atoms with E-state index in [1.807, 2.05) is 54.6 Å². The molecule has 2 aromatic rings. The summed E-state index contributed by atoms with van der Waals surface area (Å²) < 4.78 is 5.65. The molecule has 2 aromatic carbocycles. The Balaban J connectivity index is 1.89. The lowest BCUT2D eigenvalue weighted by atomic mass is 10.1. The Labute approximate surface area is 137 Å². The first kappa shape index (κ1) is 17.0. The maximum Gasteiger partial charge on any atom is 0.260 e. The Morgan fingerprint density at radius 1 is 1.04 bits per heavy atom. The lowest BCUT2D eigenvalue weighted by Gasteiger charge is -2.15. The van der Waals surface area contributed by atoms with Gasteiger partial charge >= 0.3 is 0 Å². The largest absolute Gasteiger partial charge is 0.481 e. The normalized spacial score (nSPS) is 13.2. The quantitative estimate of drug-likeness (QED) is 0.826. The van der Waals surface area contributed by atoms with Crippen molar-refractivity contribution in [3.05, 3.63) is 54.6 Å². The highest BCUT2D eigenvalue weighted by atomic mass is 16.5. The molecule has 4 nitrogen and oxygen atoms in total. The molecule has 122 valence electrons. The number of nitrogens with one attached hydrogen (secondary N) is 1. The van der Waals surface area contributed by atoms with Crippen LogP contribution in [0.2, 0.25) is 0 Å². The topological polar surface area (TPSA) is 58.6 Å².